The number of aliphatic imine (C=N–C) groups is 1. The number of amidine groups is 1. The van der Waals surface area contributed by atoms with Crippen LogP contribution in [-0.2, 0) is 4.79 Å². The lowest BCUT2D eigenvalue weighted by Gasteiger charge is -2.22. The zero-order valence-corrected chi connectivity index (χ0v) is 23.6. The highest BCUT2D eigenvalue weighted by atomic mass is 32.2. The van der Waals surface area contributed by atoms with E-state index in [0.717, 1.165) is 42.6 Å². The maximum Gasteiger partial charge on any atom is 0.250 e. The Labute approximate surface area is 231 Å². The molecule has 1 aliphatic rings. The SMILES string of the molecule is [B]c1cc(-c2ccc(C=O)c(/C=N\N(C)CCSC)c2)cc2c1C=C(C(=O)N(CCC)CCC)CC(N)=N2. The molecular weight excluding hydrogens is 493 g/mol. The van der Waals surface area contributed by atoms with Crippen molar-refractivity contribution in [2.24, 2.45) is 15.8 Å². The van der Waals surface area contributed by atoms with Crippen LogP contribution < -0.4 is 11.2 Å². The molecule has 0 fully saturated rings. The molecule has 1 amide bonds. The summed E-state index contributed by atoms with van der Waals surface area (Å²) in [6.45, 7) is 6.31. The summed E-state index contributed by atoms with van der Waals surface area (Å²) < 4.78 is 0. The molecule has 0 aliphatic carbocycles. The summed E-state index contributed by atoms with van der Waals surface area (Å²) in [4.78, 5) is 31.5. The Balaban J connectivity index is 2.00. The molecule has 0 aromatic heterocycles. The summed E-state index contributed by atoms with van der Waals surface area (Å²) in [5.74, 6) is 1.30. The average molecular weight is 530 g/mol. The molecule has 2 aromatic carbocycles. The number of nitrogens with zero attached hydrogens (tertiary/aromatic N) is 4. The number of benzene rings is 2. The zero-order valence-electron chi connectivity index (χ0n) is 22.7. The van der Waals surface area contributed by atoms with Crippen LogP contribution in [0.4, 0.5) is 5.69 Å². The average Bonchev–Trinajstić information content (AvgIpc) is 3.08. The van der Waals surface area contributed by atoms with E-state index in [2.05, 4.69) is 30.2 Å². The fourth-order valence-electron chi connectivity index (χ4n) is 4.30. The quantitative estimate of drug-likeness (QED) is 0.194. The summed E-state index contributed by atoms with van der Waals surface area (Å²) in [7, 11) is 8.42. The van der Waals surface area contributed by atoms with Crippen LogP contribution in [0.3, 0.4) is 0 Å². The number of carbonyl (C=O) groups is 2. The fourth-order valence-corrected chi connectivity index (χ4v) is 4.75. The number of thioether (sulfide) groups is 1. The van der Waals surface area contributed by atoms with Gasteiger partial charge in [-0.3, -0.25) is 14.6 Å². The van der Waals surface area contributed by atoms with Gasteiger partial charge in [0.2, 0.25) is 5.91 Å². The minimum absolute atomic E-state index is 0.0287. The number of hydrazone groups is 1. The first-order valence-corrected chi connectivity index (χ1v) is 14.3. The maximum atomic E-state index is 13.3. The van der Waals surface area contributed by atoms with E-state index in [-0.39, 0.29) is 12.3 Å². The number of aldehydes is 1. The van der Waals surface area contributed by atoms with Crippen molar-refractivity contribution in [2.75, 3.05) is 38.7 Å². The van der Waals surface area contributed by atoms with Crippen LogP contribution in [-0.4, -0.2) is 80.7 Å². The highest BCUT2D eigenvalue weighted by Gasteiger charge is 2.22. The third-order valence-corrected chi connectivity index (χ3v) is 6.84. The lowest BCUT2D eigenvalue weighted by molar-refractivity contribution is -0.127. The lowest BCUT2D eigenvalue weighted by Crippen LogP contribution is -2.34. The van der Waals surface area contributed by atoms with E-state index >= 15 is 0 Å². The van der Waals surface area contributed by atoms with Gasteiger partial charge in [-0.05, 0) is 54.0 Å². The van der Waals surface area contributed by atoms with Gasteiger partial charge in [-0.2, -0.15) is 16.9 Å². The second-order valence-corrected chi connectivity index (χ2v) is 10.3. The molecule has 1 aliphatic heterocycles. The molecule has 0 bridgehead atoms. The third kappa shape index (κ3) is 7.37. The predicted molar refractivity (Wildman–Crippen MR) is 162 cm³/mol. The van der Waals surface area contributed by atoms with Gasteiger partial charge in [-0.15, -0.1) is 0 Å². The molecule has 2 radical (unpaired) electrons. The smallest absolute Gasteiger partial charge is 0.250 e. The Hall–Kier alpha value is -3.33. The third-order valence-electron chi connectivity index (χ3n) is 6.25. The van der Waals surface area contributed by atoms with Gasteiger partial charge in [-0.25, -0.2) is 4.99 Å². The number of rotatable bonds is 12. The molecule has 0 unspecified atom stereocenters. The molecular formula is C29H36BN5O2S. The molecule has 0 saturated heterocycles. The topological polar surface area (TPSA) is 91.4 Å². The zero-order chi connectivity index (χ0) is 27.7. The van der Waals surface area contributed by atoms with Crippen molar-refractivity contribution in [1.82, 2.24) is 9.91 Å². The summed E-state index contributed by atoms with van der Waals surface area (Å²) in [6, 6.07) is 9.35. The summed E-state index contributed by atoms with van der Waals surface area (Å²) in [6.07, 6.45) is 8.45. The molecule has 2 N–H and O–H groups in total. The highest BCUT2D eigenvalue weighted by molar-refractivity contribution is 7.98. The van der Waals surface area contributed by atoms with Crippen LogP contribution in [0.5, 0.6) is 0 Å². The molecule has 38 heavy (non-hydrogen) atoms. The van der Waals surface area contributed by atoms with Gasteiger partial charge in [0.1, 0.15) is 13.7 Å². The van der Waals surface area contributed by atoms with Gasteiger partial charge in [0.25, 0.3) is 0 Å². The minimum atomic E-state index is -0.0287. The molecule has 198 valence electrons. The van der Waals surface area contributed by atoms with Crippen LogP contribution in [0.15, 0.2) is 46.0 Å². The van der Waals surface area contributed by atoms with Crippen LogP contribution in [0.2, 0.25) is 0 Å². The van der Waals surface area contributed by atoms with Gasteiger partial charge in [0.15, 0.2) is 6.29 Å². The Morgan fingerprint density at radius 3 is 2.53 bits per heavy atom. The molecule has 0 spiro atoms. The maximum absolute atomic E-state index is 13.3. The first-order valence-electron chi connectivity index (χ1n) is 12.9. The standard InChI is InChI=1S/C29H36BN5O2S/c1-5-9-35(10-6-2)29(37)23-14-25-26(30)15-22(16-27(25)33-28(31)17-23)20-7-8-21(19-36)24(13-20)18-32-34(3)11-12-38-4/h7-8,13-16,18-19H,5-6,9-12,17H2,1-4H3,(H2,31,33)/b32-18-. The number of hydrogen-bond acceptors (Lipinski definition) is 7. The van der Waals surface area contributed by atoms with Crippen LogP contribution in [0, 0.1) is 0 Å². The fraction of sp³-hybridized carbons (Fsp3) is 0.379. The predicted octanol–water partition coefficient (Wildman–Crippen LogP) is 4.01. The van der Waals surface area contributed by atoms with E-state index in [4.69, 9.17) is 13.6 Å². The second kappa shape index (κ2) is 14.0. The number of fused-ring (bicyclic) bond motifs is 1. The molecule has 2 aromatic rings. The second-order valence-electron chi connectivity index (χ2n) is 9.32. The first-order chi connectivity index (χ1) is 18.3. The first kappa shape index (κ1) is 29.2. The monoisotopic (exact) mass is 529 g/mol. The Bertz CT molecular complexity index is 1250. The minimum Gasteiger partial charge on any atom is -0.387 e. The van der Waals surface area contributed by atoms with Crippen molar-refractivity contribution in [2.45, 2.75) is 33.1 Å². The normalized spacial score (nSPS) is 12.9. The molecule has 9 heteroatoms. The number of nitrogens with two attached hydrogens (primary N) is 1. The molecule has 3 rings (SSSR count). The van der Waals surface area contributed by atoms with E-state index in [0.29, 0.717) is 52.3 Å². The number of hydrogen-bond donors (Lipinski definition) is 1. The van der Waals surface area contributed by atoms with Crippen molar-refractivity contribution in [3.05, 3.63) is 52.6 Å². The van der Waals surface area contributed by atoms with Crippen molar-refractivity contribution in [3.63, 3.8) is 0 Å². The van der Waals surface area contributed by atoms with E-state index in [1.54, 1.807) is 24.0 Å². The van der Waals surface area contributed by atoms with Crippen molar-refractivity contribution in [3.8, 4) is 11.1 Å². The van der Waals surface area contributed by atoms with Gasteiger partial charge >= 0.3 is 0 Å². The lowest BCUT2D eigenvalue weighted by atomic mass is 9.85. The van der Waals surface area contributed by atoms with Crippen LogP contribution >= 0.6 is 11.8 Å². The van der Waals surface area contributed by atoms with Gasteiger partial charge in [-0.1, -0.05) is 37.5 Å². The Morgan fingerprint density at radius 1 is 1.13 bits per heavy atom. The van der Waals surface area contributed by atoms with Crippen molar-refractivity contribution in [1.29, 1.82) is 0 Å². The highest BCUT2D eigenvalue weighted by Crippen LogP contribution is 2.31. The molecule has 1 heterocycles. The summed E-state index contributed by atoms with van der Waals surface area (Å²) in [5.41, 5.74) is 11.6. The Morgan fingerprint density at radius 2 is 1.87 bits per heavy atom. The summed E-state index contributed by atoms with van der Waals surface area (Å²) >= 11 is 1.75. The van der Waals surface area contributed by atoms with Crippen molar-refractivity contribution < 1.29 is 9.59 Å². The van der Waals surface area contributed by atoms with Gasteiger partial charge < -0.3 is 10.6 Å². The Kier molecular flexibility index (Phi) is 10.8. The van der Waals surface area contributed by atoms with Gasteiger partial charge in [0, 0.05) is 55.6 Å². The van der Waals surface area contributed by atoms with Crippen LogP contribution in [0.1, 0.15) is 54.6 Å². The van der Waals surface area contributed by atoms with E-state index < -0.39 is 0 Å². The number of carbonyl (C=O) groups excluding carboxylic acids is 2. The van der Waals surface area contributed by atoms with E-state index in [9.17, 15) is 9.59 Å². The van der Waals surface area contributed by atoms with Crippen molar-refractivity contribution >= 4 is 61.1 Å². The molecule has 7 nitrogen and oxygen atoms in total. The van der Waals surface area contributed by atoms with E-state index in [1.165, 1.54) is 0 Å². The molecule has 0 saturated carbocycles. The van der Waals surface area contributed by atoms with Crippen LogP contribution in [0.25, 0.3) is 17.2 Å². The number of amides is 1. The van der Waals surface area contributed by atoms with E-state index in [1.807, 2.05) is 47.3 Å². The summed E-state index contributed by atoms with van der Waals surface area (Å²) in [5, 5.41) is 6.33. The largest absolute Gasteiger partial charge is 0.387 e. The van der Waals surface area contributed by atoms with Gasteiger partial charge in [0.05, 0.1) is 11.9 Å². The molecule has 0 atom stereocenters.